The molecule has 2 aromatic carbocycles. The number of nitrogens with one attached hydrogen (secondary N) is 1. The maximum atomic E-state index is 12.5. The number of amides is 1. The number of para-hydroxylation sites is 1. The van der Waals surface area contributed by atoms with Gasteiger partial charge >= 0.3 is 6.18 Å². The highest BCUT2D eigenvalue weighted by molar-refractivity contribution is 8.01. The zero-order valence-electron chi connectivity index (χ0n) is 12.8. The molecule has 0 spiro atoms. The number of carbonyl (C=O) groups is 1. The van der Waals surface area contributed by atoms with Crippen LogP contribution in [0.1, 0.15) is 11.1 Å². The van der Waals surface area contributed by atoms with E-state index in [1.54, 1.807) is 0 Å². The summed E-state index contributed by atoms with van der Waals surface area (Å²) in [5.41, 5.74) is 0.820. The lowest BCUT2D eigenvalue weighted by Gasteiger charge is -2.08. The van der Waals surface area contributed by atoms with E-state index in [9.17, 15) is 18.0 Å². The Morgan fingerprint density at radius 3 is 2.52 bits per heavy atom. The Morgan fingerprint density at radius 1 is 1.12 bits per heavy atom. The van der Waals surface area contributed by atoms with Gasteiger partial charge in [0.25, 0.3) is 0 Å². The molecule has 3 aromatic rings. The Labute approximate surface area is 150 Å². The number of halogens is 3. The van der Waals surface area contributed by atoms with Crippen LogP contribution in [0.5, 0.6) is 0 Å². The van der Waals surface area contributed by atoms with Gasteiger partial charge in [-0.05, 0) is 29.8 Å². The van der Waals surface area contributed by atoms with Gasteiger partial charge in [0, 0.05) is 6.54 Å². The summed E-state index contributed by atoms with van der Waals surface area (Å²) in [6, 6.07) is 12.5. The Morgan fingerprint density at radius 2 is 1.84 bits per heavy atom. The highest BCUT2D eigenvalue weighted by atomic mass is 32.2. The standard InChI is InChI=1S/C17H13F3N2OS2/c18-17(19,20)12-7-5-11(6-8-12)9-21-15(23)10-24-16-22-13-3-1-2-4-14(13)25-16/h1-8H,9-10H2,(H,21,23). The fourth-order valence-corrected chi connectivity index (χ4v) is 4.00. The van der Waals surface area contributed by atoms with Crippen LogP contribution >= 0.6 is 23.1 Å². The second-order valence-corrected chi connectivity index (χ2v) is 7.46. The SMILES string of the molecule is O=C(CSc1nc2ccccc2s1)NCc1ccc(C(F)(F)F)cc1. The molecule has 0 aliphatic heterocycles. The summed E-state index contributed by atoms with van der Waals surface area (Å²) in [5.74, 6) is 0.0182. The van der Waals surface area contributed by atoms with Crippen LogP contribution < -0.4 is 5.32 Å². The van der Waals surface area contributed by atoms with Gasteiger partial charge in [0.2, 0.25) is 5.91 Å². The van der Waals surface area contributed by atoms with Crippen molar-refractivity contribution >= 4 is 39.2 Å². The first kappa shape index (κ1) is 17.8. The lowest BCUT2D eigenvalue weighted by Crippen LogP contribution is -2.24. The Balaban J connectivity index is 1.49. The van der Waals surface area contributed by atoms with Crippen LogP contribution in [-0.4, -0.2) is 16.6 Å². The van der Waals surface area contributed by atoms with Crippen LogP contribution in [0, 0.1) is 0 Å². The van der Waals surface area contributed by atoms with Crippen molar-refractivity contribution in [1.82, 2.24) is 10.3 Å². The minimum atomic E-state index is -4.35. The summed E-state index contributed by atoms with van der Waals surface area (Å²) < 4.78 is 39.4. The number of hydrogen-bond acceptors (Lipinski definition) is 4. The van der Waals surface area contributed by atoms with Crippen molar-refractivity contribution in [2.24, 2.45) is 0 Å². The van der Waals surface area contributed by atoms with Crippen LogP contribution in [0.25, 0.3) is 10.2 Å². The number of thiazole rings is 1. The lowest BCUT2D eigenvalue weighted by atomic mass is 10.1. The largest absolute Gasteiger partial charge is 0.416 e. The Kier molecular flexibility index (Phi) is 5.29. The zero-order chi connectivity index (χ0) is 17.9. The fourth-order valence-electron chi connectivity index (χ4n) is 2.10. The predicted octanol–water partition coefficient (Wildman–Crippen LogP) is 4.72. The molecular formula is C17H13F3N2OS2. The van der Waals surface area contributed by atoms with E-state index in [0.29, 0.717) is 5.56 Å². The number of nitrogens with zero attached hydrogens (tertiary/aromatic N) is 1. The number of fused-ring (bicyclic) bond motifs is 1. The van der Waals surface area contributed by atoms with E-state index < -0.39 is 11.7 Å². The molecule has 0 saturated heterocycles. The van der Waals surface area contributed by atoms with Gasteiger partial charge in [-0.2, -0.15) is 13.2 Å². The summed E-state index contributed by atoms with van der Waals surface area (Å²) in [7, 11) is 0. The molecule has 1 aromatic heterocycles. The average molecular weight is 382 g/mol. The van der Waals surface area contributed by atoms with Gasteiger partial charge in [-0.25, -0.2) is 4.98 Å². The number of thioether (sulfide) groups is 1. The molecular weight excluding hydrogens is 369 g/mol. The molecule has 1 amide bonds. The van der Waals surface area contributed by atoms with Crippen molar-refractivity contribution in [3.63, 3.8) is 0 Å². The van der Waals surface area contributed by atoms with Crippen molar-refractivity contribution in [2.45, 2.75) is 17.1 Å². The van der Waals surface area contributed by atoms with Gasteiger partial charge in [0.15, 0.2) is 4.34 Å². The number of alkyl halides is 3. The van der Waals surface area contributed by atoms with Crippen LogP contribution in [0.2, 0.25) is 0 Å². The quantitative estimate of drug-likeness (QED) is 0.649. The van der Waals surface area contributed by atoms with E-state index in [-0.39, 0.29) is 18.2 Å². The van der Waals surface area contributed by atoms with Crippen molar-refractivity contribution in [1.29, 1.82) is 0 Å². The number of benzene rings is 2. The van der Waals surface area contributed by atoms with Crippen LogP contribution in [-0.2, 0) is 17.5 Å². The molecule has 8 heteroatoms. The highest BCUT2D eigenvalue weighted by Crippen LogP contribution is 2.30. The van der Waals surface area contributed by atoms with E-state index in [0.717, 1.165) is 26.7 Å². The van der Waals surface area contributed by atoms with E-state index >= 15 is 0 Å². The first-order chi connectivity index (χ1) is 11.9. The minimum Gasteiger partial charge on any atom is -0.351 e. The fraction of sp³-hybridized carbons (Fsp3) is 0.176. The zero-order valence-corrected chi connectivity index (χ0v) is 14.5. The monoisotopic (exact) mass is 382 g/mol. The van der Waals surface area contributed by atoms with Gasteiger partial charge in [0.05, 0.1) is 21.5 Å². The van der Waals surface area contributed by atoms with Gasteiger partial charge < -0.3 is 5.32 Å². The molecule has 3 rings (SSSR count). The molecule has 0 radical (unpaired) electrons. The van der Waals surface area contributed by atoms with Crippen LogP contribution in [0.15, 0.2) is 52.9 Å². The van der Waals surface area contributed by atoms with Gasteiger partial charge in [-0.3, -0.25) is 4.79 Å². The molecule has 0 unspecified atom stereocenters. The molecule has 1 N–H and O–H groups in total. The topological polar surface area (TPSA) is 42.0 Å². The summed E-state index contributed by atoms with van der Waals surface area (Å²) in [6.07, 6.45) is -4.35. The number of aromatic nitrogens is 1. The first-order valence-electron chi connectivity index (χ1n) is 7.33. The van der Waals surface area contributed by atoms with E-state index in [1.165, 1.54) is 35.2 Å². The second kappa shape index (κ2) is 7.45. The van der Waals surface area contributed by atoms with Gasteiger partial charge in [-0.15, -0.1) is 11.3 Å². The van der Waals surface area contributed by atoms with Crippen molar-refractivity contribution in [3.8, 4) is 0 Å². The Bertz CT molecular complexity index is 842. The third-order valence-electron chi connectivity index (χ3n) is 3.37. The van der Waals surface area contributed by atoms with Gasteiger partial charge in [0.1, 0.15) is 0 Å². The van der Waals surface area contributed by atoms with Crippen molar-refractivity contribution in [2.75, 3.05) is 5.75 Å². The maximum Gasteiger partial charge on any atom is 0.416 e. The first-order valence-corrected chi connectivity index (χ1v) is 9.13. The summed E-state index contributed by atoms with van der Waals surface area (Å²) in [6.45, 7) is 0.192. The van der Waals surface area contributed by atoms with Gasteiger partial charge in [-0.1, -0.05) is 36.0 Å². The smallest absolute Gasteiger partial charge is 0.351 e. The average Bonchev–Trinajstić information content (AvgIpc) is 3.00. The third kappa shape index (κ3) is 4.73. The van der Waals surface area contributed by atoms with Crippen LogP contribution in [0.4, 0.5) is 13.2 Å². The molecule has 25 heavy (non-hydrogen) atoms. The third-order valence-corrected chi connectivity index (χ3v) is 5.55. The van der Waals surface area contributed by atoms with Crippen molar-refractivity contribution in [3.05, 3.63) is 59.7 Å². The van der Waals surface area contributed by atoms with E-state index in [4.69, 9.17) is 0 Å². The molecule has 3 nitrogen and oxygen atoms in total. The minimum absolute atomic E-state index is 0.191. The summed E-state index contributed by atoms with van der Waals surface area (Å²) in [4.78, 5) is 16.3. The van der Waals surface area contributed by atoms with E-state index in [2.05, 4.69) is 10.3 Å². The molecule has 0 aliphatic rings. The highest BCUT2D eigenvalue weighted by Gasteiger charge is 2.29. The number of carbonyl (C=O) groups excluding carboxylic acids is 1. The number of hydrogen-bond donors (Lipinski definition) is 1. The Hall–Kier alpha value is -2.06. The normalized spacial score (nSPS) is 11.6. The second-order valence-electron chi connectivity index (χ2n) is 5.21. The lowest BCUT2D eigenvalue weighted by molar-refractivity contribution is -0.137. The maximum absolute atomic E-state index is 12.5. The number of rotatable bonds is 5. The summed E-state index contributed by atoms with van der Waals surface area (Å²) in [5, 5.41) is 2.70. The molecule has 130 valence electrons. The molecule has 0 fully saturated rings. The molecule has 0 atom stereocenters. The van der Waals surface area contributed by atoms with E-state index in [1.807, 2.05) is 24.3 Å². The van der Waals surface area contributed by atoms with Crippen molar-refractivity contribution < 1.29 is 18.0 Å². The molecule has 1 heterocycles. The summed E-state index contributed by atoms with van der Waals surface area (Å²) >= 11 is 2.86. The van der Waals surface area contributed by atoms with Crippen LogP contribution in [0.3, 0.4) is 0 Å². The molecule has 0 bridgehead atoms. The molecule has 0 saturated carbocycles. The molecule has 0 aliphatic carbocycles. The predicted molar refractivity (Wildman–Crippen MR) is 93.6 cm³/mol.